The van der Waals surface area contributed by atoms with Crippen LogP contribution in [0.4, 0.5) is 4.39 Å². The highest BCUT2D eigenvalue weighted by molar-refractivity contribution is 9.10. The first-order valence-electron chi connectivity index (χ1n) is 3.01. The molecule has 0 aromatic carbocycles. The first kappa shape index (κ1) is 8.28. The average Bonchev–Trinajstić information content (AvgIpc) is 2.39. The predicted octanol–water partition coefficient (Wildman–Crippen LogP) is 3.26. The van der Waals surface area contributed by atoms with E-state index in [1.807, 2.05) is 0 Å². The molecular weight excluding hydrogens is 263 g/mol. The van der Waals surface area contributed by atoms with Gasteiger partial charge in [-0.05, 0) is 28.1 Å². The van der Waals surface area contributed by atoms with Crippen LogP contribution >= 0.6 is 39.5 Å². The predicted molar refractivity (Wildman–Crippen MR) is 52.5 cm³/mol. The van der Waals surface area contributed by atoms with Gasteiger partial charge in [-0.2, -0.15) is 4.39 Å². The minimum absolute atomic E-state index is 0.373. The van der Waals surface area contributed by atoms with Crippen molar-refractivity contribution in [3.05, 3.63) is 20.6 Å². The van der Waals surface area contributed by atoms with Crippen LogP contribution in [0.5, 0.6) is 0 Å². The van der Waals surface area contributed by atoms with Crippen LogP contribution in [0.15, 0.2) is 10.7 Å². The summed E-state index contributed by atoms with van der Waals surface area (Å²) in [5, 5.41) is 0. The summed E-state index contributed by atoms with van der Waals surface area (Å²) in [7, 11) is 0. The van der Waals surface area contributed by atoms with Gasteiger partial charge in [0.2, 0.25) is 5.95 Å². The van der Waals surface area contributed by atoms with E-state index in [1.165, 1.54) is 17.5 Å². The molecule has 0 aliphatic rings. The Morgan fingerprint density at radius 3 is 3.17 bits per heavy atom. The number of hydrogen-bond donors (Lipinski definition) is 1. The van der Waals surface area contributed by atoms with Crippen LogP contribution < -0.4 is 0 Å². The van der Waals surface area contributed by atoms with Crippen molar-refractivity contribution in [1.29, 1.82) is 0 Å². The monoisotopic (exact) mass is 264 g/mol. The van der Waals surface area contributed by atoms with Crippen molar-refractivity contribution >= 4 is 49.7 Å². The number of halogens is 2. The first-order chi connectivity index (χ1) is 5.68. The molecule has 0 atom stereocenters. The number of thiazole rings is 1. The third-order valence-electron chi connectivity index (χ3n) is 1.36. The summed E-state index contributed by atoms with van der Waals surface area (Å²) in [5.41, 5.74) is 0.762. The molecule has 0 saturated carbocycles. The molecule has 0 spiro atoms. The number of H-pyrrole nitrogens is 1. The minimum Gasteiger partial charge on any atom is -0.336 e. The number of aromatic nitrogens is 2. The maximum atomic E-state index is 12.9. The largest absolute Gasteiger partial charge is 0.336 e. The van der Waals surface area contributed by atoms with Crippen LogP contribution in [-0.2, 0) is 0 Å². The number of fused-ring (bicyclic) bond motifs is 1. The van der Waals surface area contributed by atoms with Crippen molar-refractivity contribution < 1.29 is 4.39 Å². The van der Waals surface area contributed by atoms with Crippen LogP contribution in [0.25, 0.3) is 10.2 Å². The number of aromatic amines is 1. The van der Waals surface area contributed by atoms with Crippen molar-refractivity contribution in [3.8, 4) is 0 Å². The average molecular weight is 265 g/mol. The molecular formula is C6H2BrFN2S2. The molecule has 62 valence electrons. The molecule has 0 bridgehead atoms. The van der Waals surface area contributed by atoms with Gasteiger partial charge in [-0.25, -0.2) is 4.98 Å². The summed E-state index contributed by atoms with van der Waals surface area (Å²) >= 11 is 9.33. The third kappa shape index (κ3) is 1.19. The fourth-order valence-electron chi connectivity index (χ4n) is 0.865. The Morgan fingerprint density at radius 1 is 1.67 bits per heavy atom. The second-order valence-corrected chi connectivity index (χ2v) is 4.60. The summed E-state index contributed by atoms with van der Waals surface area (Å²) in [6, 6.07) is 0. The number of hydrogen-bond acceptors (Lipinski definition) is 3. The molecule has 0 amide bonds. The first-order valence-corrected chi connectivity index (χ1v) is 5.03. The molecule has 0 saturated heterocycles. The fourth-order valence-corrected chi connectivity index (χ4v) is 2.52. The van der Waals surface area contributed by atoms with E-state index in [-0.39, 0.29) is 0 Å². The molecule has 2 nitrogen and oxygen atoms in total. The summed E-state index contributed by atoms with van der Waals surface area (Å²) < 4.78 is 14.6. The molecule has 0 unspecified atom stereocenters. The van der Waals surface area contributed by atoms with Crippen molar-refractivity contribution in [2.24, 2.45) is 0 Å². The molecule has 6 heteroatoms. The number of nitrogens with one attached hydrogen (secondary N) is 1. The van der Waals surface area contributed by atoms with Crippen LogP contribution in [-0.4, -0.2) is 9.97 Å². The van der Waals surface area contributed by atoms with Gasteiger partial charge in [0.25, 0.3) is 0 Å². The van der Waals surface area contributed by atoms with Gasteiger partial charge in [-0.1, -0.05) is 0 Å². The van der Waals surface area contributed by atoms with E-state index in [0.717, 1.165) is 10.2 Å². The van der Waals surface area contributed by atoms with E-state index in [0.29, 0.717) is 8.43 Å². The maximum absolute atomic E-state index is 12.9. The molecule has 2 heterocycles. The van der Waals surface area contributed by atoms with Gasteiger partial charge in [-0.15, -0.1) is 11.3 Å². The Kier molecular flexibility index (Phi) is 1.97. The highest BCUT2D eigenvalue weighted by atomic mass is 79.9. The second-order valence-electron chi connectivity index (χ2n) is 2.12. The van der Waals surface area contributed by atoms with Gasteiger partial charge < -0.3 is 4.98 Å². The zero-order chi connectivity index (χ0) is 8.72. The molecule has 0 aliphatic heterocycles. The Morgan fingerprint density at radius 2 is 2.42 bits per heavy atom. The van der Waals surface area contributed by atoms with Gasteiger partial charge in [0.05, 0.1) is 20.9 Å². The molecule has 0 fully saturated rings. The Bertz CT molecular complexity index is 490. The van der Waals surface area contributed by atoms with Crippen molar-refractivity contribution in [1.82, 2.24) is 9.97 Å². The van der Waals surface area contributed by atoms with Crippen LogP contribution in [0.1, 0.15) is 0 Å². The minimum atomic E-state index is -0.507. The zero-order valence-corrected chi connectivity index (χ0v) is 8.82. The Hall–Kier alpha value is -0.330. The molecule has 0 aliphatic carbocycles. The van der Waals surface area contributed by atoms with E-state index in [4.69, 9.17) is 12.2 Å². The number of rotatable bonds is 0. The van der Waals surface area contributed by atoms with Gasteiger partial charge >= 0.3 is 0 Å². The van der Waals surface area contributed by atoms with Crippen LogP contribution in [0.3, 0.4) is 0 Å². The summed E-state index contributed by atoms with van der Waals surface area (Å²) in [4.78, 5) is 6.44. The van der Waals surface area contributed by atoms with E-state index in [1.54, 1.807) is 0 Å². The molecule has 2 aromatic rings. The van der Waals surface area contributed by atoms with Crippen LogP contribution in [0.2, 0.25) is 0 Å². The van der Waals surface area contributed by atoms with Crippen molar-refractivity contribution in [2.45, 2.75) is 0 Å². The summed E-state index contributed by atoms with van der Waals surface area (Å²) in [6.45, 7) is 0. The molecule has 12 heavy (non-hydrogen) atoms. The standard InChI is InChI=1S/C6H2BrFN2S2/c7-3-4-2(1-9-5(3)8)10-6(11)12-4/h1H,(H,10,11). The van der Waals surface area contributed by atoms with Gasteiger partial charge in [-0.3, -0.25) is 0 Å². The lowest BCUT2D eigenvalue weighted by Crippen LogP contribution is -1.82. The van der Waals surface area contributed by atoms with Crippen molar-refractivity contribution in [3.63, 3.8) is 0 Å². The normalized spacial score (nSPS) is 10.8. The Balaban J connectivity index is 2.99. The number of nitrogens with zero attached hydrogens (tertiary/aromatic N) is 1. The van der Waals surface area contributed by atoms with Gasteiger partial charge in [0.15, 0.2) is 3.95 Å². The molecule has 2 aromatic heterocycles. The lowest BCUT2D eigenvalue weighted by molar-refractivity contribution is 0.580. The maximum Gasteiger partial charge on any atom is 0.228 e. The van der Waals surface area contributed by atoms with Crippen molar-refractivity contribution in [2.75, 3.05) is 0 Å². The lowest BCUT2D eigenvalue weighted by Gasteiger charge is -1.92. The number of pyridine rings is 1. The third-order valence-corrected chi connectivity index (χ3v) is 3.62. The van der Waals surface area contributed by atoms with Crippen LogP contribution in [0, 0.1) is 9.90 Å². The van der Waals surface area contributed by atoms with Gasteiger partial charge in [0, 0.05) is 0 Å². The van der Waals surface area contributed by atoms with E-state index in [9.17, 15) is 4.39 Å². The zero-order valence-electron chi connectivity index (χ0n) is 5.60. The van der Waals surface area contributed by atoms with Gasteiger partial charge in [0.1, 0.15) is 0 Å². The fraction of sp³-hybridized carbons (Fsp3) is 0. The summed E-state index contributed by atoms with van der Waals surface area (Å²) in [5.74, 6) is -0.507. The quantitative estimate of drug-likeness (QED) is 0.585. The highest BCUT2D eigenvalue weighted by Gasteiger charge is 2.07. The smallest absolute Gasteiger partial charge is 0.228 e. The highest BCUT2D eigenvalue weighted by Crippen LogP contribution is 2.28. The van der Waals surface area contributed by atoms with E-state index < -0.39 is 5.95 Å². The second kappa shape index (κ2) is 2.86. The SMILES string of the molecule is Fc1ncc2[nH]c(=S)sc2c1Br. The molecule has 2 rings (SSSR count). The summed E-state index contributed by atoms with van der Waals surface area (Å²) in [6.07, 6.45) is 1.43. The van der Waals surface area contributed by atoms with E-state index >= 15 is 0 Å². The lowest BCUT2D eigenvalue weighted by atomic mass is 10.4. The Labute approximate surface area is 84.6 Å². The molecule has 0 radical (unpaired) electrons. The van der Waals surface area contributed by atoms with E-state index in [2.05, 4.69) is 25.9 Å². The topological polar surface area (TPSA) is 28.7 Å². The molecule has 1 N–H and O–H groups in total.